The monoisotopic (exact) mass is 288 g/mol. The Morgan fingerprint density at radius 3 is 2.42 bits per heavy atom. The maximum Gasteiger partial charge on any atom is 0.374 e. The van der Waals surface area contributed by atoms with Crippen LogP contribution >= 0.6 is 0 Å². The highest BCUT2D eigenvalue weighted by Gasteiger charge is 2.26. The second-order valence-electron chi connectivity index (χ2n) is 4.43. The lowest BCUT2D eigenvalue weighted by Gasteiger charge is -2.32. The molecule has 1 saturated heterocycles. The molecule has 19 heavy (non-hydrogen) atoms. The molecule has 1 fully saturated rings. The Morgan fingerprint density at radius 1 is 1.21 bits per heavy atom. The van der Waals surface area contributed by atoms with Gasteiger partial charge in [0.1, 0.15) is 5.75 Å². The lowest BCUT2D eigenvalue weighted by molar-refractivity contribution is 0.176. The molecule has 0 saturated carbocycles. The molecule has 0 unspecified atom stereocenters. The van der Waals surface area contributed by atoms with Crippen molar-refractivity contribution in [3.63, 3.8) is 0 Å². The second kappa shape index (κ2) is 5.85. The number of rotatable bonds is 4. The molecule has 1 aromatic carbocycles. The molecule has 0 radical (unpaired) electrons. The van der Waals surface area contributed by atoms with Gasteiger partial charge in [-0.3, -0.25) is 4.90 Å². The zero-order valence-corrected chi connectivity index (χ0v) is 11.6. The lowest BCUT2D eigenvalue weighted by Crippen LogP contribution is -2.47. The van der Waals surface area contributed by atoms with Gasteiger partial charge in [0.05, 0.1) is 7.11 Å². The third-order valence-electron chi connectivity index (χ3n) is 3.23. The van der Waals surface area contributed by atoms with E-state index in [1.54, 1.807) is 7.11 Å². The number of ether oxygens (including phenoxy) is 1. The maximum atomic E-state index is 12.8. The summed E-state index contributed by atoms with van der Waals surface area (Å²) in [6.45, 7) is 2.08. The Labute approximate surface area is 112 Å². The van der Waals surface area contributed by atoms with Crippen LogP contribution in [-0.4, -0.2) is 50.9 Å². The molecule has 0 spiro atoms. The van der Waals surface area contributed by atoms with Gasteiger partial charge in [0.2, 0.25) is 0 Å². The number of benzene rings is 1. The van der Waals surface area contributed by atoms with Gasteiger partial charge in [0.15, 0.2) is 0 Å². The molecule has 0 amide bonds. The van der Waals surface area contributed by atoms with Crippen LogP contribution < -0.4 is 4.74 Å². The standard InChI is InChI=1S/C12H17FN2O3S/c1-18-12-5-3-2-4-11(12)10-14-6-8-15(9-7-14)19(13,16)17/h2-5H,6-10H2,1H3. The first-order valence-electron chi connectivity index (χ1n) is 6.04. The summed E-state index contributed by atoms with van der Waals surface area (Å²) in [5, 5.41) is 0. The first-order chi connectivity index (χ1) is 9.00. The van der Waals surface area contributed by atoms with E-state index >= 15 is 0 Å². The van der Waals surface area contributed by atoms with E-state index in [-0.39, 0.29) is 13.1 Å². The largest absolute Gasteiger partial charge is 0.496 e. The van der Waals surface area contributed by atoms with Crippen LogP contribution in [0.15, 0.2) is 24.3 Å². The van der Waals surface area contributed by atoms with Gasteiger partial charge in [-0.05, 0) is 6.07 Å². The summed E-state index contributed by atoms with van der Waals surface area (Å²) in [6, 6.07) is 7.69. The summed E-state index contributed by atoms with van der Waals surface area (Å²) in [6.07, 6.45) is 0. The molecule has 1 aliphatic heterocycles. The number of hydrogen-bond donors (Lipinski definition) is 0. The highest BCUT2D eigenvalue weighted by atomic mass is 32.3. The summed E-state index contributed by atoms with van der Waals surface area (Å²) >= 11 is 0. The molecule has 0 atom stereocenters. The van der Waals surface area contributed by atoms with Crippen LogP contribution in [0, 0.1) is 0 Å². The first-order valence-corrected chi connectivity index (χ1v) is 7.39. The third kappa shape index (κ3) is 3.65. The van der Waals surface area contributed by atoms with E-state index in [4.69, 9.17) is 4.74 Å². The van der Waals surface area contributed by atoms with Crippen molar-refractivity contribution in [2.24, 2.45) is 0 Å². The molecule has 1 aliphatic rings. The Balaban J connectivity index is 1.96. The minimum absolute atomic E-state index is 0.188. The second-order valence-corrected chi connectivity index (χ2v) is 5.77. The molecule has 1 heterocycles. The van der Waals surface area contributed by atoms with Gasteiger partial charge in [-0.1, -0.05) is 22.1 Å². The van der Waals surface area contributed by atoms with Crippen molar-refractivity contribution in [3.05, 3.63) is 29.8 Å². The molecular formula is C12H17FN2O3S. The van der Waals surface area contributed by atoms with Crippen LogP contribution in [0.5, 0.6) is 5.75 Å². The quantitative estimate of drug-likeness (QED) is 0.776. The van der Waals surface area contributed by atoms with Gasteiger partial charge in [-0.25, -0.2) is 0 Å². The molecule has 5 nitrogen and oxygen atoms in total. The van der Waals surface area contributed by atoms with Crippen molar-refractivity contribution in [3.8, 4) is 5.75 Å². The summed E-state index contributed by atoms with van der Waals surface area (Å²) in [5.74, 6) is 0.808. The molecule has 7 heteroatoms. The van der Waals surface area contributed by atoms with Gasteiger partial charge in [-0.2, -0.15) is 12.7 Å². The van der Waals surface area contributed by atoms with Crippen molar-refractivity contribution >= 4 is 10.4 Å². The first kappa shape index (κ1) is 14.2. The molecule has 1 aromatic rings. The third-order valence-corrected chi connectivity index (χ3v) is 4.21. The van der Waals surface area contributed by atoms with E-state index < -0.39 is 10.4 Å². The SMILES string of the molecule is COc1ccccc1CN1CCN(S(=O)(=O)F)CC1. The fraction of sp³-hybridized carbons (Fsp3) is 0.500. The van der Waals surface area contributed by atoms with E-state index in [1.165, 1.54) is 0 Å². The molecule has 0 aliphatic carbocycles. The Kier molecular flexibility index (Phi) is 4.38. The number of halogens is 1. The van der Waals surface area contributed by atoms with Crippen LogP contribution in [0.2, 0.25) is 0 Å². The van der Waals surface area contributed by atoms with Gasteiger partial charge < -0.3 is 4.74 Å². The average Bonchev–Trinajstić information content (AvgIpc) is 2.39. The number of piperazine rings is 1. The Hall–Kier alpha value is -1.18. The van der Waals surface area contributed by atoms with Crippen LogP contribution in [-0.2, 0) is 17.0 Å². The Bertz CT molecular complexity index is 528. The topological polar surface area (TPSA) is 49.9 Å². The molecular weight excluding hydrogens is 271 g/mol. The van der Waals surface area contributed by atoms with Gasteiger partial charge in [0.25, 0.3) is 0 Å². The molecule has 2 rings (SSSR count). The summed E-state index contributed by atoms with van der Waals surface area (Å²) in [7, 11) is -2.94. The average molecular weight is 288 g/mol. The van der Waals surface area contributed by atoms with Gasteiger partial charge in [-0.15, -0.1) is 0 Å². The van der Waals surface area contributed by atoms with Crippen molar-refractivity contribution < 1.29 is 17.0 Å². The van der Waals surface area contributed by atoms with E-state index in [0.717, 1.165) is 15.6 Å². The number of methoxy groups -OCH3 is 1. The molecule has 0 bridgehead atoms. The summed E-state index contributed by atoms with van der Waals surface area (Å²) in [5.41, 5.74) is 1.04. The van der Waals surface area contributed by atoms with Gasteiger partial charge in [0, 0.05) is 38.3 Å². The molecule has 106 valence electrons. The summed E-state index contributed by atoms with van der Waals surface area (Å²) in [4.78, 5) is 2.08. The Morgan fingerprint density at radius 2 is 1.84 bits per heavy atom. The predicted octanol–water partition coefficient (Wildman–Crippen LogP) is 1.03. The van der Waals surface area contributed by atoms with Gasteiger partial charge >= 0.3 is 10.4 Å². The molecule has 0 aromatic heterocycles. The minimum Gasteiger partial charge on any atom is -0.496 e. The van der Waals surface area contributed by atoms with Crippen molar-refractivity contribution in [2.75, 3.05) is 33.3 Å². The fourth-order valence-corrected chi connectivity index (χ4v) is 2.78. The molecule has 0 N–H and O–H groups in total. The van der Waals surface area contributed by atoms with E-state index in [0.29, 0.717) is 19.6 Å². The number of hydrogen-bond acceptors (Lipinski definition) is 4. The lowest BCUT2D eigenvalue weighted by atomic mass is 10.2. The van der Waals surface area contributed by atoms with E-state index in [1.807, 2.05) is 24.3 Å². The number of nitrogens with zero attached hydrogens (tertiary/aromatic N) is 2. The van der Waals surface area contributed by atoms with Crippen molar-refractivity contribution in [1.82, 2.24) is 9.21 Å². The highest BCUT2D eigenvalue weighted by Crippen LogP contribution is 2.20. The smallest absolute Gasteiger partial charge is 0.374 e. The zero-order chi connectivity index (χ0) is 13.9. The van der Waals surface area contributed by atoms with Crippen LogP contribution in [0.3, 0.4) is 0 Å². The maximum absolute atomic E-state index is 12.8. The van der Waals surface area contributed by atoms with Crippen molar-refractivity contribution in [1.29, 1.82) is 0 Å². The normalized spacial score (nSPS) is 18.4. The summed E-state index contributed by atoms with van der Waals surface area (Å²) < 4.78 is 40.5. The fourth-order valence-electron chi connectivity index (χ4n) is 2.18. The van der Waals surface area contributed by atoms with E-state index in [2.05, 4.69) is 4.90 Å². The van der Waals surface area contributed by atoms with E-state index in [9.17, 15) is 12.3 Å². The number of para-hydroxylation sites is 1. The van der Waals surface area contributed by atoms with Crippen LogP contribution in [0.25, 0.3) is 0 Å². The minimum atomic E-state index is -4.55. The van der Waals surface area contributed by atoms with Crippen LogP contribution in [0.4, 0.5) is 3.89 Å². The van der Waals surface area contributed by atoms with Crippen LogP contribution in [0.1, 0.15) is 5.56 Å². The van der Waals surface area contributed by atoms with Crippen molar-refractivity contribution in [2.45, 2.75) is 6.54 Å². The zero-order valence-electron chi connectivity index (χ0n) is 10.8. The highest BCUT2D eigenvalue weighted by molar-refractivity contribution is 7.83. The predicted molar refractivity (Wildman–Crippen MR) is 69.9 cm³/mol.